The summed E-state index contributed by atoms with van der Waals surface area (Å²) in [6.45, 7) is 2.02. The van der Waals surface area contributed by atoms with Gasteiger partial charge >= 0.3 is 0 Å². The van der Waals surface area contributed by atoms with Gasteiger partial charge < -0.3 is 5.32 Å². The number of rotatable bonds is 2. The highest BCUT2D eigenvalue weighted by Crippen LogP contribution is 2.35. The third-order valence-corrected chi connectivity index (χ3v) is 4.60. The van der Waals surface area contributed by atoms with Crippen molar-refractivity contribution < 1.29 is 0 Å². The first-order valence-corrected chi connectivity index (χ1v) is 7.61. The number of hydrogen-bond acceptors (Lipinski definition) is 1. The molecule has 0 saturated heterocycles. The minimum Gasteiger partial charge on any atom is -0.378 e. The first-order valence-electron chi connectivity index (χ1n) is 6.44. The highest BCUT2D eigenvalue weighted by molar-refractivity contribution is 9.10. The summed E-state index contributed by atoms with van der Waals surface area (Å²) in [5.41, 5.74) is 5.05. The molecule has 3 rings (SSSR count). The monoisotopic (exact) mass is 335 g/mol. The summed E-state index contributed by atoms with van der Waals surface area (Å²) >= 11 is 9.71. The lowest BCUT2D eigenvalue weighted by Gasteiger charge is -2.16. The predicted molar refractivity (Wildman–Crippen MR) is 85.0 cm³/mol. The molecule has 0 aromatic heterocycles. The fraction of sp³-hybridized carbons (Fsp3) is 0.250. The molecule has 0 heterocycles. The summed E-state index contributed by atoms with van der Waals surface area (Å²) in [6, 6.07) is 13.1. The van der Waals surface area contributed by atoms with Gasteiger partial charge in [-0.05, 0) is 60.7 Å². The van der Waals surface area contributed by atoms with Crippen LogP contribution in [0, 0.1) is 6.92 Å². The maximum atomic E-state index is 6.17. The van der Waals surface area contributed by atoms with Crippen LogP contribution in [0.2, 0.25) is 5.02 Å². The molecule has 98 valence electrons. The van der Waals surface area contributed by atoms with Gasteiger partial charge in [-0.15, -0.1) is 0 Å². The van der Waals surface area contributed by atoms with Crippen molar-refractivity contribution in [2.24, 2.45) is 0 Å². The van der Waals surface area contributed by atoms with Crippen LogP contribution in [0.4, 0.5) is 5.69 Å². The van der Waals surface area contributed by atoms with Crippen LogP contribution in [0.3, 0.4) is 0 Å². The van der Waals surface area contributed by atoms with Crippen LogP contribution < -0.4 is 5.32 Å². The molecule has 3 heteroatoms. The van der Waals surface area contributed by atoms with E-state index in [4.69, 9.17) is 11.6 Å². The van der Waals surface area contributed by atoms with Crippen LogP contribution >= 0.6 is 27.5 Å². The second-order valence-electron chi connectivity index (χ2n) is 5.04. The van der Waals surface area contributed by atoms with Gasteiger partial charge in [-0.2, -0.15) is 0 Å². The molecular formula is C16H15BrClN. The second-order valence-corrected chi connectivity index (χ2v) is 6.37. The molecule has 0 amide bonds. The van der Waals surface area contributed by atoms with Crippen molar-refractivity contribution >= 4 is 33.2 Å². The van der Waals surface area contributed by atoms with E-state index in [1.54, 1.807) is 0 Å². The van der Waals surface area contributed by atoms with Crippen molar-refractivity contribution in [1.29, 1.82) is 0 Å². The van der Waals surface area contributed by atoms with Crippen LogP contribution in [0.25, 0.3) is 0 Å². The molecule has 0 fully saturated rings. The van der Waals surface area contributed by atoms with Crippen LogP contribution in [0.15, 0.2) is 40.9 Å². The summed E-state index contributed by atoms with van der Waals surface area (Å²) in [6.07, 6.45) is 2.27. The van der Waals surface area contributed by atoms with Crippen molar-refractivity contribution in [3.8, 4) is 0 Å². The van der Waals surface area contributed by atoms with Crippen molar-refractivity contribution in [3.63, 3.8) is 0 Å². The lowest BCUT2D eigenvalue weighted by atomic mass is 10.1. The van der Waals surface area contributed by atoms with Gasteiger partial charge in [-0.3, -0.25) is 0 Å². The van der Waals surface area contributed by atoms with Crippen LogP contribution in [0.1, 0.15) is 29.2 Å². The SMILES string of the molecule is Cc1ccc(NC2CCc3cc(Br)ccc32)cc1Cl. The zero-order chi connectivity index (χ0) is 13.4. The predicted octanol–water partition coefficient (Wildman–Crippen LogP) is 5.51. The summed E-state index contributed by atoms with van der Waals surface area (Å²) in [5, 5.41) is 4.40. The highest BCUT2D eigenvalue weighted by Gasteiger charge is 2.22. The first-order chi connectivity index (χ1) is 9.13. The molecule has 0 saturated carbocycles. The third-order valence-electron chi connectivity index (χ3n) is 3.70. The number of anilines is 1. The standard InChI is InChI=1S/C16H15BrClN/c1-10-2-5-13(9-15(10)18)19-16-7-3-11-8-12(17)4-6-14(11)16/h2,4-6,8-9,16,19H,3,7H2,1H3. The van der Waals surface area contributed by atoms with Gasteiger partial charge in [-0.25, -0.2) is 0 Å². The van der Waals surface area contributed by atoms with E-state index < -0.39 is 0 Å². The second kappa shape index (κ2) is 5.18. The minimum atomic E-state index is 0.391. The van der Waals surface area contributed by atoms with E-state index in [-0.39, 0.29) is 0 Å². The Bertz CT molecular complexity index is 624. The molecule has 2 aromatic rings. The Hall–Kier alpha value is -0.990. The summed E-state index contributed by atoms with van der Waals surface area (Å²) < 4.78 is 1.16. The molecule has 1 unspecified atom stereocenters. The lowest BCUT2D eigenvalue weighted by Crippen LogP contribution is -2.07. The molecular weight excluding hydrogens is 322 g/mol. The fourth-order valence-corrected chi connectivity index (χ4v) is 3.21. The van der Waals surface area contributed by atoms with Crippen molar-refractivity contribution in [2.45, 2.75) is 25.8 Å². The Morgan fingerprint density at radius 3 is 2.84 bits per heavy atom. The number of hydrogen-bond donors (Lipinski definition) is 1. The van der Waals surface area contributed by atoms with Crippen molar-refractivity contribution in [3.05, 3.63) is 62.6 Å². The van der Waals surface area contributed by atoms with Gasteiger partial charge in [-0.1, -0.05) is 39.7 Å². The molecule has 0 spiro atoms. The van der Waals surface area contributed by atoms with Crippen molar-refractivity contribution in [1.82, 2.24) is 0 Å². The zero-order valence-corrected chi connectivity index (χ0v) is 13.1. The average molecular weight is 337 g/mol. The zero-order valence-electron chi connectivity index (χ0n) is 10.7. The van der Waals surface area contributed by atoms with Crippen LogP contribution in [0.5, 0.6) is 0 Å². The van der Waals surface area contributed by atoms with Gasteiger partial charge in [0.25, 0.3) is 0 Å². The lowest BCUT2D eigenvalue weighted by molar-refractivity contribution is 0.762. The quantitative estimate of drug-likeness (QED) is 0.762. The maximum absolute atomic E-state index is 6.17. The Morgan fingerprint density at radius 2 is 2.05 bits per heavy atom. The van der Waals surface area contributed by atoms with E-state index in [1.807, 2.05) is 13.0 Å². The van der Waals surface area contributed by atoms with Gasteiger partial charge in [0.2, 0.25) is 0 Å². The molecule has 1 nitrogen and oxygen atoms in total. The van der Waals surface area contributed by atoms with Crippen molar-refractivity contribution in [2.75, 3.05) is 5.32 Å². The molecule has 0 bridgehead atoms. The van der Waals surface area contributed by atoms with E-state index in [1.165, 1.54) is 11.1 Å². The van der Waals surface area contributed by atoms with Gasteiger partial charge in [0, 0.05) is 15.2 Å². The molecule has 1 atom stereocenters. The Balaban J connectivity index is 1.84. The van der Waals surface area contributed by atoms with Gasteiger partial charge in [0.15, 0.2) is 0 Å². The summed E-state index contributed by atoms with van der Waals surface area (Å²) in [4.78, 5) is 0. The molecule has 19 heavy (non-hydrogen) atoms. The number of fused-ring (bicyclic) bond motifs is 1. The highest BCUT2D eigenvalue weighted by atomic mass is 79.9. The minimum absolute atomic E-state index is 0.391. The largest absolute Gasteiger partial charge is 0.378 e. The van der Waals surface area contributed by atoms with Crippen LogP contribution in [-0.2, 0) is 6.42 Å². The van der Waals surface area contributed by atoms with E-state index in [9.17, 15) is 0 Å². The van der Waals surface area contributed by atoms with E-state index >= 15 is 0 Å². The molecule has 2 aromatic carbocycles. The molecule has 0 radical (unpaired) electrons. The third kappa shape index (κ3) is 2.65. The summed E-state index contributed by atoms with van der Waals surface area (Å²) in [7, 11) is 0. The maximum Gasteiger partial charge on any atom is 0.0519 e. The van der Waals surface area contributed by atoms with E-state index in [2.05, 4.69) is 51.6 Å². The number of halogens is 2. The molecule has 1 aliphatic carbocycles. The Morgan fingerprint density at radius 1 is 1.21 bits per heavy atom. The van der Waals surface area contributed by atoms with Gasteiger partial charge in [0.05, 0.1) is 6.04 Å². The van der Waals surface area contributed by atoms with Gasteiger partial charge in [0.1, 0.15) is 0 Å². The summed E-state index contributed by atoms with van der Waals surface area (Å²) in [5.74, 6) is 0. The number of benzene rings is 2. The van der Waals surface area contributed by atoms with Crippen LogP contribution in [-0.4, -0.2) is 0 Å². The molecule has 1 aliphatic rings. The van der Waals surface area contributed by atoms with E-state index in [0.717, 1.165) is 33.6 Å². The fourth-order valence-electron chi connectivity index (χ4n) is 2.62. The molecule has 1 N–H and O–H groups in total. The topological polar surface area (TPSA) is 12.0 Å². The first kappa shape index (κ1) is 13.0. The Labute approximate surface area is 127 Å². The Kier molecular flexibility index (Phi) is 3.55. The number of nitrogens with one attached hydrogen (secondary N) is 1. The normalized spacial score (nSPS) is 17.3. The average Bonchev–Trinajstić information content (AvgIpc) is 2.76. The number of aryl methyl sites for hydroxylation is 2. The molecule has 0 aliphatic heterocycles. The van der Waals surface area contributed by atoms with E-state index in [0.29, 0.717) is 6.04 Å². The smallest absolute Gasteiger partial charge is 0.0519 e.